The second-order valence-corrected chi connectivity index (χ2v) is 7.11. The van der Waals surface area contributed by atoms with Gasteiger partial charge in [-0.05, 0) is 36.2 Å². The fraction of sp³-hybridized carbons (Fsp3) is 0.500. The lowest BCUT2D eigenvalue weighted by molar-refractivity contribution is 0.247. The number of hydrogen-bond donors (Lipinski definition) is 1. The average Bonchev–Trinajstić information content (AvgIpc) is 2.87. The molecule has 0 aliphatic heterocycles. The maximum atomic E-state index is 5.41. The van der Waals surface area contributed by atoms with E-state index >= 15 is 0 Å². The van der Waals surface area contributed by atoms with Gasteiger partial charge in [0.15, 0.2) is 0 Å². The van der Waals surface area contributed by atoms with Gasteiger partial charge in [0.25, 0.3) is 0 Å². The summed E-state index contributed by atoms with van der Waals surface area (Å²) in [6, 6.07) is 8.21. The molecule has 0 amide bonds. The maximum absolute atomic E-state index is 5.41. The topological polar surface area (TPSA) is 51.0 Å². The second kappa shape index (κ2) is 6.71. The van der Waals surface area contributed by atoms with Gasteiger partial charge in [-0.15, -0.1) is 0 Å². The summed E-state index contributed by atoms with van der Waals surface area (Å²) in [6.45, 7) is 9.68. The van der Waals surface area contributed by atoms with Gasteiger partial charge in [0.2, 0.25) is 11.7 Å². The largest absolute Gasteiger partial charge is 0.339 e. The highest BCUT2D eigenvalue weighted by Gasteiger charge is 2.26. The van der Waals surface area contributed by atoms with Crippen LogP contribution in [-0.4, -0.2) is 22.7 Å². The van der Waals surface area contributed by atoms with Gasteiger partial charge in [0.1, 0.15) is 0 Å². The number of rotatable bonds is 5. The Labute approximate surface area is 134 Å². The molecule has 1 atom stereocenters. The Balaban J connectivity index is 2.14. The van der Waals surface area contributed by atoms with Crippen LogP contribution in [-0.2, 0) is 6.42 Å². The lowest BCUT2D eigenvalue weighted by atomic mass is 9.84. The quantitative estimate of drug-likeness (QED) is 0.882. The Morgan fingerprint density at radius 2 is 1.90 bits per heavy atom. The van der Waals surface area contributed by atoms with E-state index in [1.54, 1.807) is 0 Å². The third-order valence-corrected chi connectivity index (χ3v) is 3.97. The zero-order valence-corrected chi connectivity index (χ0v) is 14.6. The number of benzene rings is 1. The molecule has 0 bridgehead atoms. The van der Waals surface area contributed by atoms with Gasteiger partial charge in [-0.3, -0.25) is 0 Å². The van der Waals surface area contributed by atoms with E-state index in [1.807, 2.05) is 24.3 Å². The molecule has 1 unspecified atom stereocenters. The molecule has 0 spiro atoms. The molecule has 5 heteroatoms. The monoisotopic (exact) mass is 351 g/mol. The van der Waals surface area contributed by atoms with E-state index in [2.05, 4.69) is 59.1 Å². The first-order chi connectivity index (χ1) is 9.90. The number of hydrogen-bond acceptors (Lipinski definition) is 4. The molecule has 0 saturated carbocycles. The lowest BCUT2D eigenvalue weighted by Crippen LogP contribution is -2.41. The SMILES string of the molecule is CCNC(Cc1nc(-c2ccc(Br)cc2)no1)C(C)(C)C. The van der Waals surface area contributed by atoms with E-state index < -0.39 is 0 Å². The Morgan fingerprint density at radius 3 is 2.48 bits per heavy atom. The van der Waals surface area contributed by atoms with Crippen molar-refractivity contribution in [3.63, 3.8) is 0 Å². The molecule has 1 heterocycles. The molecule has 0 saturated heterocycles. The predicted octanol–water partition coefficient (Wildman–Crippen LogP) is 4.07. The van der Waals surface area contributed by atoms with E-state index in [4.69, 9.17) is 4.52 Å². The van der Waals surface area contributed by atoms with Crippen molar-refractivity contribution < 1.29 is 4.52 Å². The molecule has 2 aromatic rings. The molecule has 0 radical (unpaired) electrons. The molecule has 0 aliphatic carbocycles. The minimum absolute atomic E-state index is 0.141. The van der Waals surface area contributed by atoms with Crippen LogP contribution in [0.2, 0.25) is 0 Å². The molecule has 21 heavy (non-hydrogen) atoms. The summed E-state index contributed by atoms with van der Waals surface area (Å²) in [6.07, 6.45) is 0.737. The van der Waals surface area contributed by atoms with Crippen LogP contribution in [0.1, 0.15) is 33.6 Å². The third-order valence-electron chi connectivity index (χ3n) is 3.45. The number of nitrogens with one attached hydrogen (secondary N) is 1. The summed E-state index contributed by atoms with van der Waals surface area (Å²) in [7, 11) is 0. The van der Waals surface area contributed by atoms with Crippen LogP contribution < -0.4 is 5.32 Å². The molecule has 4 nitrogen and oxygen atoms in total. The van der Waals surface area contributed by atoms with E-state index in [1.165, 1.54) is 0 Å². The highest BCUT2D eigenvalue weighted by molar-refractivity contribution is 9.10. The van der Waals surface area contributed by atoms with Crippen molar-refractivity contribution in [3.05, 3.63) is 34.6 Å². The molecule has 1 aromatic carbocycles. The lowest BCUT2D eigenvalue weighted by Gasteiger charge is -2.30. The molecular formula is C16H22BrN3O. The number of likely N-dealkylation sites (N-methyl/N-ethyl adjacent to an activating group) is 1. The smallest absolute Gasteiger partial charge is 0.228 e. The van der Waals surface area contributed by atoms with Crippen LogP contribution in [0.4, 0.5) is 0 Å². The van der Waals surface area contributed by atoms with Crippen LogP contribution >= 0.6 is 15.9 Å². The van der Waals surface area contributed by atoms with Crippen molar-refractivity contribution in [2.45, 2.75) is 40.2 Å². The van der Waals surface area contributed by atoms with Gasteiger partial charge < -0.3 is 9.84 Å². The fourth-order valence-electron chi connectivity index (χ4n) is 2.16. The first-order valence-electron chi connectivity index (χ1n) is 7.22. The third kappa shape index (κ3) is 4.38. The van der Waals surface area contributed by atoms with Crippen LogP contribution in [0.5, 0.6) is 0 Å². The Kier molecular flexibility index (Phi) is 5.17. The van der Waals surface area contributed by atoms with Crippen molar-refractivity contribution in [2.24, 2.45) is 5.41 Å². The molecule has 1 aromatic heterocycles. The normalized spacial score (nSPS) is 13.4. The molecule has 1 N–H and O–H groups in total. The van der Waals surface area contributed by atoms with Gasteiger partial charge in [-0.25, -0.2) is 0 Å². The maximum Gasteiger partial charge on any atom is 0.228 e. The second-order valence-electron chi connectivity index (χ2n) is 6.20. The number of halogens is 1. The van der Waals surface area contributed by atoms with Gasteiger partial charge in [0, 0.05) is 22.5 Å². The van der Waals surface area contributed by atoms with Crippen molar-refractivity contribution >= 4 is 15.9 Å². The summed E-state index contributed by atoms with van der Waals surface area (Å²) >= 11 is 3.42. The van der Waals surface area contributed by atoms with Gasteiger partial charge in [-0.1, -0.05) is 48.8 Å². The average molecular weight is 352 g/mol. The highest BCUT2D eigenvalue weighted by atomic mass is 79.9. The predicted molar refractivity (Wildman–Crippen MR) is 88.1 cm³/mol. The zero-order chi connectivity index (χ0) is 15.5. The van der Waals surface area contributed by atoms with E-state index in [9.17, 15) is 0 Å². The van der Waals surface area contributed by atoms with Gasteiger partial charge >= 0.3 is 0 Å². The summed E-state index contributed by atoms with van der Waals surface area (Å²) in [5, 5.41) is 7.58. The molecule has 114 valence electrons. The minimum Gasteiger partial charge on any atom is -0.339 e. The molecule has 0 fully saturated rings. The first kappa shape index (κ1) is 16.2. The summed E-state index contributed by atoms with van der Waals surface area (Å²) in [5.41, 5.74) is 1.10. The summed E-state index contributed by atoms with van der Waals surface area (Å²) < 4.78 is 6.45. The molecular weight excluding hydrogens is 330 g/mol. The van der Waals surface area contributed by atoms with Crippen LogP contribution in [0.25, 0.3) is 11.4 Å². The summed E-state index contributed by atoms with van der Waals surface area (Å²) in [5.74, 6) is 1.32. The zero-order valence-electron chi connectivity index (χ0n) is 13.0. The van der Waals surface area contributed by atoms with Crippen molar-refractivity contribution in [1.82, 2.24) is 15.5 Å². The molecule has 0 aliphatic rings. The van der Waals surface area contributed by atoms with Gasteiger partial charge in [0.05, 0.1) is 0 Å². The number of nitrogens with zero attached hydrogens (tertiary/aromatic N) is 2. The van der Waals surface area contributed by atoms with E-state index in [0.29, 0.717) is 17.8 Å². The van der Waals surface area contributed by atoms with Crippen molar-refractivity contribution in [2.75, 3.05) is 6.54 Å². The standard InChI is InChI=1S/C16H22BrN3O/c1-5-18-13(16(2,3)4)10-14-19-15(20-21-14)11-6-8-12(17)9-7-11/h6-9,13,18H,5,10H2,1-4H3. The molecule has 2 rings (SSSR count). The Morgan fingerprint density at radius 1 is 1.24 bits per heavy atom. The highest BCUT2D eigenvalue weighted by Crippen LogP contribution is 2.24. The van der Waals surface area contributed by atoms with E-state index in [-0.39, 0.29) is 5.41 Å². The number of aromatic nitrogens is 2. The van der Waals surface area contributed by atoms with Crippen molar-refractivity contribution in [1.29, 1.82) is 0 Å². The van der Waals surface area contributed by atoms with Crippen LogP contribution in [0, 0.1) is 5.41 Å². The first-order valence-corrected chi connectivity index (χ1v) is 8.01. The Bertz CT molecular complexity index is 572. The van der Waals surface area contributed by atoms with E-state index in [0.717, 1.165) is 23.0 Å². The van der Waals surface area contributed by atoms with Crippen molar-refractivity contribution in [3.8, 4) is 11.4 Å². The summed E-state index contributed by atoms with van der Waals surface area (Å²) in [4.78, 5) is 4.51. The van der Waals surface area contributed by atoms with Gasteiger partial charge in [-0.2, -0.15) is 4.98 Å². The fourth-order valence-corrected chi connectivity index (χ4v) is 2.42. The Hall–Kier alpha value is -1.20. The van der Waals surface area contributed by atoms with Crippen LogP contribution in [0.15, 0.2) is 33.3 Å². The van der Waals surface area contributed by atoms with Crippen LogP contribution in [0.3, 0.4) is 0 Å². The minimum atomic E-state index is 0.141.